The first kappa shape index (κ1) is 24.8. The molecule has 1 aliphatic heterocycles. The minimum absolute atomic E-state index is 0.130. The molecule has 37 heavy (non-hydrogen) atoms. The standard InChI is InChI=1S/C25H29F2N9O/c1-2-8-35-16-18(15-30-35)17-13-19(24(28)29-14-17)25-31-32-33-36(25)20-6-7-21(23(27)22(20)26)37-12-5-11-34-9-3-4-10-34/h6-7,13-16H,2-5,8-12H2,1H3,(H2,28,29). The molecular weight excluding hydrogens is 480 g/mol. The Bertz CT molecular complexity index is 1360. The predicted octanol–water partition coefficient (Wildman–Crippen LogP) is 3.72. The fourth-order valence-electron chi connectivity index (χ4n) is 4.47. The summed E-state index contributed by atoms with van der Waals surface area (Å²) in [6, 6.07) is 4.52. The number of halogens is 2. The monoisotopic (exact) mass is 509 g/mol. The highest BCUT2D eigenvalue weighted by molar-refractivity contribution is 5.76. The van der Waals surface area contributed by atoms with Gasteiger partial charge in [0, 0.05) is 36.6 Å². The number of nitrogens with two attached hydrogens (primary N) is 1. The number of rotatable bonds is 10. The van der Waals surface area contributed by atoms with Crippen molar-refractivity contribution in [1.82, 2.24) is 39.9 Å². The smallest absolute Gasteiger partial charge is 0.202 e. The maximum atomic E-state index is 15.2. The molecule has 0 saturated carbocycles. The molecule has 1 saturated heterocycles. The van der Waals surface area contributed by atoms with Crippen LogP contribution in [0.4, 0.5) is 14.6 Å². The van der Waals surface area contributed by atoms with Gasteiger partial charge >= 0.3 is 0 Å². The second kappa shape index (κ2) is 11.0. The van der Waals surface area contributed by atoms with E-state index < -0.39 is 11.6 Å². The lowest BCUT2D eigenvalue weighted by atomic mass is 10.1. The van der Waals surface area contributed by atoms with Gasteiger partial charge in [-0.2, -0.15) is 14.2 Å². The molecule has 1 aliphatic rings. The fraction of sp³-hybridized carbons (Fsp3) is 0.400. The van der Waals surface area contributed by atoms with Crippen molar-refractivity contribution in [3.63, 3.8) is 0 Å². The molecule has 10 nitrogen and oxygen atoms in total. The second-order valence-corrected chi connectivity index (χ2v) is 9.02. The van der Waals surface area contributed by atoms with Gasteiger partial charge in [0.1, 0.15) is 11.5 Å². The van der Waals surface area contributed by atoms with E-state index in [1.165, 1.54) is 25.0 Å². The number of aryl methyl sites for hydroxylation is 1. The number of nitrogen functional groups attached to an aromatic ring is 1. The molecule has 5 rings (SSSR count). The van der Waals surface area contributed by atoms with Crippen LogP contribution in [0.15, 0.2) is 36.8 Å². The van der Waals surface area contributed by atoms with Gasteiger partial charge in [0.2, 0.25) is 5.82 Å². The Morgan fingerprint density at radius 3 is 2.70 bits per heavy atom. The zero-order valence-electron chi connectivity index (χ0n) is 20.6. The van der Waals surface area contributed by atoms with Gasteiger partial charge in [0.05, 0.1) is 18.4 Å². The summed E-state index contributed by atoms with van der Waals surface area (Å²) in [4.78, 5) is 6.61. The number of pyridine rings is 1. The van der Waals surface area contributed by atoms with E-state index in [0.29, 0.717) is 12.2 Å². The summed E-state index contributed by atoms with van der Waals surface area (Å²) >= 11 is 0. The van der Waals surface area contributed by atoms with E-state index >= 15 is 4.39 Å². The van der Waals surface area contributed by atoms with Crippen LogP contribution in [0.25, 0.3) is 28.2 Å². The van der Waals surface area contributed by atoms with Gasteiger partial charge in [0.25, 0.3) is 0 Å². The van der Waals surface area contributed by atoms with Crippen molar-refractivity contribution in [2.45, 2.75) is 39.2 Å². The van der Waals surface area contributed by atoms with Gasteiger partial charge in [-0.3, -0.25) is 4.68 Å². The summed E-state index contributed by atoms with van der Waals surface area (Å²) in [6.45, 7) is 6.20. The van der Waals surface area contributed by atoms with Crippen molar-refractivity contribution >= 4 is 5.82 Å². The number of ether oxygens (including phenoxy) is 1. The lowest BCUT2D eigenvalue weighted by molar-refractivity contribution is 0.253. The predicted molar refractivity (Wildman–Crippen MR) is 134 cm³/mol. The van der Waals surface area contributed by atoms with E-state index in [0.717, 1.165) is 54.8 Å². The Kier molecular flexibility index (Phi) is 7.35. The summed E-state index contributed by atoms with van der Waals surface area (Å²) in [5.74, 6) is -2.08. The van der Waals surface area contributed by atoms with Crippen LogP contribution in [0, 0.1) is 11.6 Å². The fourth-order valence-corrected chi connectivity index (χ4v) is 4.47. The van der Waals surface area contributed by atoms with E-state index in [2.05, 4.69) is 37.4 Å². The van der Waals surface area contributed by atoms with E-state index in [1.54, 1.807) is 18.5 Å². The van der Waals surface area contributed by atoms with E-state index in [1.807, 2.05) is 10.9 Å². The van der Waals surface area contributed by atoms with Gasteiger partial charge < -0.3 is 15.4 Å². The largest absolute Gasteiger partial charge is 0.490 e. The topological polar surface area (TPSA) is 113 Å². The van der Waals surface area contributed by atoms with Crippen LogP contribution in [0.2, 0.25) is 0 Å². The minimum atomic E-state index is -1.12. The summed E-state index contributed by atoms with van der Waals surface area (Å²) in [5, 5.41) is 15.9. The Morgan fingerprint density at radius 2 is 1.89 bits per heavy atom. The normalized spacial score (nSPS) is 13.9. The van der Waals surface area contributed by atoms with Crippen molar-refractivity contribution in [1.29, 1.82) is 0 Å². The number of nitrogens with zero attached hydrogens (tertiary/aromatic N) is 8. The molecule has 0 radical (unpaired) electrons. The molecule has 12 heteroatoms. The summed E-state index contributed by atoms with van der Waals surface area (Å²) in [7, 11) is 0. The number of tetrazole rings is 1. The maximum absolute atomic E-state index is 15.2. The summed E-state index contributed by atoms with van der Waals surface area (Å²) < 4.78 is 38.5. The molecular formula is C25H29F2N9O. The van der Waals surface area contributed by atoms with E-state index in [-0.39, 0.29) is 23.1 Å². The van der Waals surface area contributed by atoms with Crippen molar-refractivity contribution in [2.24, 2.45) is 0 Å². The highest BCUT2D eigenvalue weighted by atomic mass is 19.2. The average Bonchev–Trinajstić information content (AvgIpc) is 3.68. The van der Waals surface area contributed by atoms with Crippen LogP contribution < -0.4 is 10.5 Å². The van der Waals surface area contributed by atoms with Gasteiger partial charge in [-0.25, -0.2) is 9.37 Å². The lowest BCUT2D eigenvalue weighted by Crippen LogP contribution is -2.22. The number of hydrogen-bond acceptors (Lipinski definition) is 8. The van der Waals surface area contributed by atoms with Crippen LogP contribution in [-0.4, -0.2) is 66.1 Å². The van der Waals surface area contributed by atoms with E-state index in [9.17, 15) is 4.39 Å². The molecule has 2 N–H and O–H groups in total. The molecule has 3 aromatic heterocycles. The summed E-state index contributed by atoms with van der Waals surface area (Å²) in [6.07, 6.45) is 9.35. The third kappa shape index (κ3) is 5.29. The molecule has 0 amide bonds. The Labute approximate surface area is 213 Å². The first-order valence-corrected chi connectivity index (χ1v) is 12.5. The van der Waals surface area contributed by atoms with Gasteiger partial charge in [-0.1, -0.05) is 6.92 Å². The Morgan fingerprint density at radius 1 is 1.05 bits per heavy atom. The van der Waals surface area contributed by atoms with Crippen LogP contribution in [0.5, 0.6) is 5.75 Å². The molecule has 0 bridgehead atoms. The highest BCUT2D eigenvalue weighted by Crippen LogP contribution is 2.31. The van der Waals surface area contributed by atoms with Crippen LogP contribution >= 0.6 is 0 Å². The molecule has 4 aromatic rings. The van der Waals surface area contributed by atoms with Crippen molar-refractivity contribution in [3.05, 3.63) is 48.4 Å². The van der Waals surface area contributed by atoms with Gasteiger partial charge in [-0.15, -0.1) is 5.10 Å². The highest BCUT2D eigenvalue weighted by Gasteiger charge is 2.22. The third-order valence-corrected chi connectivity index (χ3v) is 6.38. The van der Waals surface area contributed by atoms with Crippen molar-refractivity contribution in [3.8, 4) is 34.0 Å². The molecule has 0 spiro atoms. The van der Waals surface area contributed by atoms with Crippen LogP contribution in [0.3, 0.4) is 0 Å². The molecule has 4 heterocycles. The first-order valence-electron chi connectivity index (χ1n) is 12.5. The maximum Gasteiger partial charge on any atom is 0.202 e. The second-order valence-electron chi connectivity index (χ2n) is 9.02. The number of hydrogen-bond donors (Lipinski definition) is 1. The van der Waals surface area contributed by atoms with Crippen LogP contribution in [-0.2, 0) is 6.54 Å². The minimum Gasteiger partial charge on any atom is -0.490 e. The first-order chi connectivity index (χ1) is 18.0. The number of benzene rings is 1. The zero-order valence-corrected chi connectivity index (χ0v) is 20.6. The Balaban J connectivity index is 1.37. The molecule has 0 unspecified atom stereocenters. The summed E-state index contributed by atoms with van der Waals surface area (Å²) in [5.41, 5.74) is 7.93. The molecule has 0 aliphatic carbocycles. The Hall–Kier alpha value is -3.93. The zero-order chi connectivity index (χ0) is 25.8. The van der Waals surface area contributed by atoms with Crippen molar-refractivity contribution in [2.75, 3.05) is 32.0 Å². The molecule has 0 atom stereocenters. The van der Waals surface area contributed by atoms with Gasteiger partial charge in [-0.05, 0) is 67.4 Å². The molecule has 1 fully saturated rings. The van der Waals surface area contributed by atoms with Crippen LogP contribution in [0.1, 0.15) is 32.6 Å². The lowest BCUT2D eigenvalue weighted by Gasteiger charge is -2.15. The quantitative estimate of drug-likeness (QED) is 0.322. The van der Waals surface area contributed by atoms with E-state index in [4.69, 9.17) is 10.5 Å². The SMILES string of the molecule is CCCn1cc(-c2cnc(N)c(-c3nnnn3-c3ccc(OCCCN4CCCC4)c(F)c3F)c2)cn1. The average molecular weight is 510 g/mol. The molecule has 194 valence electrons. The number of anilines is 1. The number of likely N-dealkylation sites (tertiary alicyclic amines) is 1. The van der Waals surface area contributed by atoms with Gasteiger partial charge in [0.15, 0.2) is 17.4 Å². The molecule has 1 aromatic carbocycles. The number of aromatic nitrogens is 7. The third-order valence-electron chi connectivity index (χ3n) is 6.38. The van der Waals surface area contributed by atoms with Crippen molar-refractivity contribution < 1.29 is 13.5 Å².